The lowest BCUT2D eigenvalue weighted by molar-refractivity contribution is -0.0550. The second kappa shape index (κ2) is 3.72. The van der Waals surface area contributed by atoms with Crippen molar-refractivity contribution in [2.24, 2.45) is 17.3 Å². The summed E-state index contributed by atoms with van der Waals surface area (Å²) in [5, 5.41) is 0. The molecule has 2 rings (SSSR count). The summed E-state index contributed by atoms with van der Waals surface area (Å²) in [4.78, 5) is 10.4. The third-order valence-corrected chi connectivity index (χ3v) is 4.71. The molecule has 0 aliphatic heterocycles. The summed E-state index contributed by atoms with van der Waals surface area (Å²) < 4.78 is 61.6. The van der Waals surface area contributed by atoms with Crippen molar-refractivity contribution in [1.29, 1.82) is 0 Å². The van der Waals surface area contributed by atoms with Crippen LogP contribution in [0.3, 0.4) is 0 Å². The van der Waals surface area contributed by atoms with Gasteiger partial charge in [0.1, 0.15) is 5.76 Å². The molecule has 1 radical (unpaired) electrons. The molecule has 1 spiro atoms. The van der Waals surface area contributed by atoms with Crippen LogP contribution in [0.5, 0.6) is 0 Å². The lowest BCUT2D eigenvalue weighted by atomic mass is 9.49. The number of hydrogen-bond donors (Lipinski definition) is 0. The quantitative estimate of drug-likeness (QED) is 0.586. The van der Waals surface area contributed by atoms with Crippen LogP contribution in [-0.4, -0.2) is 20.2 Å². The highest BCUT2D eigenvalue weighted by atomic mass is 32.2. The first-order valence-electron chi connectivity index (χ1n) is 5.21. The van der Waals surface area contributed by atoms with Crippen molar-refractivity contribution in [3.8, 4) is 0 Å². The highest BCUT2D eigenvalue weighted by Gasteiger charge is 2.57. The van der Waals surface area contributed by atoms with Gasteiger partial charge in [0.2, 0.25) is 6.29 Å². The minimum atomic E-state index is -5.57. The molecule has 0 N–H and O–H groups in total. The van der Waals surface area contributed by atoms with Crippen LogP contribution >= 0.6 is 0 Å². The molecule has 18 heavy (non-hydrogen) atoms. The van der Waals surface area contributed by atoms with Gasteiger partial charge >= 0.3 is 15.6 Å². The van der Waals surface area contributed by atoms with Gasteiger partial charge in [-0.3, -0.25) is 4.79 Å². The van der Waals surface area contributed by atoms with E-state index in [1.807, 2.05) is 6.29 Å². The second-order valence-electron chi connectivity index (χ2n) is 4.72. The maximum atomic E-state index is 12.0. The Bertz CT molecular complexity index is 508. The van der Waals surface area contributed by atoms with Gasteiger partial charge in [-0.15, -0.1) is 0 Å². The fraction of sp³-hybridized carbons (Fsp3) is 0.700. The van der Waals surface area contributed by atoms with Gasteiger partial charge in [-0.25, -0.2) is 0 Å². The SMILES string of the molecule is CC1C([C]=O)CC12C=C(OS(=O)(=O)C(F)(F)F)C2. The van der Waals surface area contributed by atoms with Crippen molar-refractivity contribution in [2.45, 2.75) is 25.3 Å². The molecule has 0 aromatic heterocycles. The summed E-state index contributed by atoms with van der Waals surface area (Å²) in [6.45, 7) is 1.78. The first-order valence-corrected chi connectivity index (χ1v) is 6.62. The van der Waals surface area contributed by atoms with Crippen LogP contribution in [0.15, 0.2) is 11.8 Å². The smallest absolute Gasteiger partial charge is 0.381 e. The van der Waals surface area contributed by atoms with Gasteiger partial charge in [-0.2, -0.15) is 21.6 Å². The van der Waals surface area contributed by atoms with Crippen LogP contribution < -0.4 is 0 Å². The maximum absolute atomic E-state index is 12.0. The van der Waals surface area contributed by atoms with Gasteiger partial charge in [0.15, 0.2) is 0 Å². The lowest BCUT2D eigenvalue weighted by Crippen LogP contribution is -2.50. The topological polar surface area (TPSA) is 60.4 Å². The standard InChI is InChI=1S/C10H10F3O4S/c1-6-7(5-14)2-9(6)3-8(4-9)17-18(15,16)10(11,12)13/h3,6-7H,2,4H2,1H3. The van der Waals surface area contributed by atoms with E-state index in [1.165, 1.54) is 6.08 Å². The Morgan fingerprint density at radius 1 is 1.50 bits per heavy atom. The molecule has 2 aliphatic carbocycles. The molecule has 4 nitrogen and oxygen atoms in total. The van der Waals surface area contributed by atoms with Gasteiger partial charge in [0.25, 0.3) is 0 Å². The fourth-order valence-electron chi connectivity index (χ4n) is 2.44. The average molecular weight is 283 g/mol. The van der Waals surface area contributed by atoms with Crippen LogP contribution in [0.1, 0.15) is 19.8 Å². The molecule has 0 aromatic carbocycles. The predicted octanol–water partition coefficient (Wildman–Crippen LogP) is 1.89. The van der Waals surface area contributed by atoms with Crippen molar-refractivity contribution in [2.75, 3.05) is 0 Å². The monoisotopic (exact) mass is 283 g/mol. The van der Waals surface area contributed by atoms with Crippen molar-refractivity contribution in [3.63, 3.8) is 0 Å². The van der Waals surface area contributed by atoms with E-state index in [0.717, 1.165) is 0 Å². The first-order chi connectivity index (χ1) is 8.11. The first kappa shape index (κ1) is 13.4. The fourth-order valence-corrected chi connectivity index (χ4v) is 2.92. The third-order valence-electron chi connectivity index (χ3n) is 3.71. The van der Waals surface area contributed by atoms with Crippen molar-refractivity contribution < 1.29 is 30.6 Å². The molecular weight excluding hydrogens is 273 g/mol. The molecule has 0 bridgehead atoms. The van der Waals surface area contributed by atoms with E-state index in [4.69, 9.17) is 0 Å². The lowest BCUT2D eigenvalue weighted by Gasteiger charge is -2.54. The molecule has 0 aromatic rings. The highest BCUT2D eigenvalue weighted by Crippen LogP contribution is 2.60. The van der Waals surface area contributed by atoms with E-state index in [-0.39, 0.29) is 24.0 Å². The van der Waals surface area contributed by atoms with Gasteiger partial charge in [-0.05, 0) is 18.4 Å². The van der Waals surface area contributed by atoms with E-state index in [1.54, 1.807) is 6.92 Å². The maximum Gasteiger partial charge on any atom is 0.534 e. The van der Waals surface area contributed by atoms with Crippen LogP contribution in [0.4, 0.5) is 13.2 Å². The normalized spacial score (nSPS) is 35.4. The number of allylic oxidation sites excluding steroid dienone is 2. The van der Waals surface area contributed by atoms with Gasteiger partial charge in [0.05, 0.1) is 0 Å². The molecule has 0 saturated heterocycles. The van der Waals surface area contributed by atoms with E-state index in [2.05, 4.69) is 4.18 Å². The Kier molecular flexibility index (Phi) is 2.77. The van der Waals surface area contributed by atoms with Gasteiger partial charge < -0.3 is 4.18 Å². The van der Waals surface area contributed by atoms with E-state index < -0.39 is 21.0 Å². The second-order valence-corrected chi connectivity index (χ2v) is 6.26. The van der Waals surface area contributed by atoms with Gasteiger partial charge in [-0.1, -0.05) is 6.92 Å². The Morgan fingerprint density at radius 2 is 2.06 bits per heavy atom. The molecule has 101 valence electrons. The Morgan fingerprint density at radius 3 is 2.44 bits per heavy atom. The molecular formula is C10H10F3O4S. The summed E-state index contributed by atoms with van der Waals surface area (Å²) in [6, 6.07) is 0. The van der Waals surface area contributed by atoms with Crippen LogP contribution in [0, 0.1) is 17.3 Å². The highest BCUT2D eigenvalue weighted by molar-refractivity contribution is 7.87. The Balaban J connectivity index is 2.04. The van der Waals surface area contributed by atoms with Crippen molar-refractivity contribution >= 4 is 16.4 Å². The minimum absolute atomic E-state index is 0.0454. The van der Waals surface area contributed by atoms with Crippen molar-refractivity contribution in [3.05, 3.63) is 11.8 Å². The molecule has 1 saturated carbocycles. The molecule has 0 heterocycles. The molecule has 3 atom stereocenters. The molecule has 1 fully saturated rings. The molecule has 2 aliphatic rings. The Hall–Kier alpha value is -1.05. The number of halogens is 3. The zero-order chi connectivity index (χ0) is 13.8. The Labute approximate surface area is 102 Å². The summed E-state index contributed by atoms with van der Waals surface area (Å²) in [7, 11) is -5.57. The predicted molar refractivity (Wildman–Crippen MR) is 54.2 cm³/mol. The molecule has 0 amide bonds. The van der Waals surface area contributed by atoms with Crippen LogP contribution in [0.25, 0.3) is 0 Å². The average Bonchev–Trinajstić information content (AvgIpc) is 2.17. The summed E-state index contributed by atoms with van der Waals surface area (Å²) >= 11 is 0. The zero-order valence-corrected chi connectivity index (χ0v) is 10.1. The third kappa shape index (κ3) is 1.82. The number of hydrogen-bond acceptors (Lipinski definition) is 4. The minimum Gasteiger partial charge on any atom is -0.381 e. The van der Waals surface area contributed by atoms with Crippen LogP contribution in [0.2, 0.25) is 0 Å². The van der Waals surface area contributed by atoms with E-state index in [0.29, 0.717) is 6.42 Å². The van der Waals surface area contributed by atoms with Crippen LogP contribution in [-0.2, 0) is 19.1 Å². The zero-order valence-electron chi connectivity index (χ0n) is 9.32. The van der Waals surface area contributed by atoms with Gasteiger partial charge in [0, 0.05) is 17.8 Å². The number of rotatable bonds is 3. The number of alkyl halides is 3. The number of carbonyl (C=O) groups excluding carboxylic acids is 1. The summed E-state index contributed by atoms with van der Waals surface area (Å²) in [5.74, 6) is -0.485. The largest absolute Gasteiger partial charge is 0.534 e. The molecule has 8 heteroatoms. The van der Waals surface area contributed by atoms with E-state index >= 15 is 0 Å². The molecule has 3 unspecified atom stereocenters. The summed E-state index contributed by atoms with van der Waals surface area (Å²) in [6.07, 6.45) is 3.81. The van der Waals surface area contributed by atoms with Crippen molar-refractivity contribution in [1.82, 2.24) is 0 Å². The summed E-state index contributed by atoms with van der Waals surface area (Å²) in [5.41, 5.74) is -5.81. The van der Waals surface area contributed by atoms with E-state index in [9.17, 15) is 26.4 Å².